The topological polar surface area (TPSA) is 75.3 Å². The lowest BCUT2D eigenvalue weighted by Crippen LogP contribution is -2.18. The maximum absolute atomic E-state index is 10.8. The summed E-state index contributed by atoms with van der Waals surface area (Å²) < 4.78 is 0. The van der Waals surface area contributed by atoms with Gasteiger partial charge < -0.3 is 16.2 Å². The van der Waals surface area contributed by atoms with Crippen molar-refractivity contribution in [2.45, 2.75) is 39.2 Å². The number of hydrogen-bond acceptors (Lipinski definition) is 3. The Bertz CT molecular complexity index is 469. The Balaban J connectivity index is 2.09. The zero-order valence-corrected chi connectivity index (χ0v) is 10.9. The van der Waals surface area contributed by atoms with E-state index in [-0.39, 0.29) is 5.56 Å². The Kier molecular flexibility index (Phi) is 3.20. The van der Waals surface area contributed by atoms with E-state index < -0.39 is 5.97 Å². The van der Waals surface area contributed by atoms with Crippen molar-refractivity contribution in [2.24, 2.45) is 5.41 Å². The highest BCUT2D eigenvalue weighted by atomic mass is 16.4. The quantitative estimate of drug-likeness (QED) is 0.719. The molecule has 0 saturated heterocycles. The lowest BCUT2D eigenvalue weighted by atomic mass is 9.92. The summed E-state index contributed by atoms with van der Waals surface area (Å²) in [5.41, 5.74) is 7.82. The average Bonchev–Trinajstić information content (AvgIpc) is 2.61. The van der Waals surface area contributed by atoms with E-state index in [9.17, 15) is 4.79 Å². The van der Waals surface area contributed by atoms with Gasteiger partial charge in [0, 0.05) is 6.04 Å². The molecule has 4 N–H and O–H groups in total. The van der Waals surface area contributed by atoms with Crippen LogP contribution in [0.15, 0.2) is 18.2 Å². The van der Waals surface area contributed by atoms with Gasteiger partial charge in [-0.2, -0.15) is 0 Å². The van der Waals surface area contributed by atoms with Gasteiger partial charge in [-0.1, -0.05) is 13.8 Å². The summed E-state index contributed by atoms with van der Waals surface area (Å²) in [7, 11) is 0. The van der Waals surface area contributed by atoms with E-state index in [0.717, 1.165) is 18.5 Å². The maximum Gasteiger partial charge on any atom is 0.335 e. The Morgan fingerprint density at radius 1 is 1.50 bits per heavy atom. The van der Waals surface area contributed by atoms with Gasteiger partial charge >= 0.3 is 5.97 Å². The number of anilines is 2. The fraction of sp³-hybridized carbons (Fsp3) is 0.500. The van der Waals surface area contributed by atoms with Gasteiger partial charge in [-0.15, -0.1) is 0 Å². The first kappa shape index (κ1) is 12.7. The van der Waals surface area contributed by atoms with Crippen LogP contribution in [0.2, 0.25) is 0 Å². The number of aromatic carboxylic acids is 1. The minimum atomic E-state index is -0.949. The standard InChI is InChI=1S/C14H20N2O2/c1-14(2)6-5-10(8-14)16-12-4-3-9(13(17)18)7-11(12)15/h3-4,7,10,16H,5-6,8,15H2,1-2H3,(H,17,18). The molecular weight excluding hydrogens is 228 g/mol. The second-order valence-electron chi connectivity index (χ2n) is 5.86. The zero-order valence-electron chi connectivity index (χ0n) is 10.9. The predicted octanol–water partition coefficient (Wildman–Crippen LogP) is 2.96. The minimum Gasteiger partial charge on any atom is -0.478 e. The first-order valence-corrected chi connectivity index (χ1v) is 6.27. The van der Waals surface area contributed by atoms with E-state index in [1.807, 2.05) is 0 Å². The molecule has 1 aliphatic carbocycles. The summed E-state index contributed by atoms with van der Waals surface area (Å²) in [5, 5.41) is 12.3. The van der Waals surface area contributed by atoms with Crippen molar-refractivity contribution in [1.29, 1.82) is 0 Å². The van der Waals surface area contributed by atoms with Crippen LogP contribution in [0.1, 0.15) is 43.5 Å². The van der Waals surface area contributed by atoms with Crippen LogP contribution < -0.4 is 11.1 Å². The summed E-state index contributed by atoms with van der Waals surface area (Å²) in [6.07, 6.45) is 3.46. The SMILES string of the molecule is CC1(C)CCC(Nc2ccc(C(=O)O)cc2N)C1. The smallest absolute Gasteiger partial charge is 0.335 e. The van der Waals surface area contributed by atoms with Crippen LogP contribution in [0.5, 0.6) is 0 Å². The minimum absolute atomic E-state index is 0.227. The Morgan fingerprint density at radius 2 is 2.22 bits per heavy atom. The highest BCUT2D eigenvalue weighted by Crippen LogP contribution is 2.38. The molecule has 1 atom stereocenters. The van der Waals surface area contributed by atoms with E-state index in [4.69, 9.17) is 10.8 Å². The molecule has 1 saturated carbocycles. The molecule has 0 amide bonds. The lowest BCUT2D eigenvalue weighted by molar-refractivity contribution is 0.0697. The van der Waals surface area contributed by atoms with E-state index in [1.165, 1.54) is 12.5 Å². The van der Waals surface area contributed by atoms with Crippen molar-refractivity contribution in [3.8, 4) is 0 Å². The van der Waals surface area contributed by atoms with Crippen LogP contribution in [0.25, 0.3) is 0 Å². The number of hydrogen-bond donors (Lipinski definition) is 3. The third-order valence-electron chi connectivity index (χ3n) is 3.63. The van der Waals surface area contributed by atoms with Crippen LogP contribution in [0.4, 0.5) is 11.4 Å². The van der Waals surface area contributed by atoms with E-state index in [1.54, 1.807) is 12.1 Å². The summed E-state index contributed by atoms with van der Waals surface area (Å²) in [4.78, 5) is 10.8. The van der Waals surface area contributed by atoms with Crippen molar-refractivity contribution < 1.29 is 9.90 Å². The van der Waals surface area contributed by atoms with Crippen LogP contribution in [0, 0.1) is 5.41 Å². The molecule has 0 spiro atoms. The van der Waals surface area contributed by atoms with Crippen LogP contribution >= 0.6 is 0 Å². The molecular formula is C14H20N2O2. The molecule has 2 rings (SSSR count). The van der Waals surface area contributed by atoms with Gasteiger partial charge in [0.05, 0.1) is 16.9 Å². The molecule has 4 heteroatoms. The molecule has 0 bridgehead atoms. The normalized spacial score (nSPS) is 21.8. The van der Waals surface area contributed by atoms with Gasteiger partial charge in [-0.05, 0) is 42.9 Å². The Labute approximate surface area is 107 Å². The van der Waals surface area contributed by atoms with Gasteiger partial charge in [0.1, 0.15) is 0 Å². The highest BCUT2D eigenvalue weighted by molar-refractivity contribution is 5.90. The maximum atomic E-state index is 10.8. The number of carboxylic acid groups (broad SMARTS) is 1. The van der Waals surface area contributed by atoms with Gasteiger partial charge in [-0.25, -0.2) is 4.79 Å². The van der Waals surface area contributed by atoms with Gasteiger partial charge in [0.2, 0.25) is 0 Å². The second-order valence-corrected chi connectivity index (χ2v) is 5.86. The lowest BCUT2D eigenvalue weighted by Gasteiger charge is -2.19. The molecule has 4 nitrogen and oxygen atoms in total. The van der Waals surface area contributed by atoms with E-state index >= 15 is 0 Å². The fourth-order valence-corrected chi connectivity index (χ4v) is 2.61. The summed E-state index contributed by atoms with van der Waals surface area (Å²) >= 11 is 0. The number of carbonyl (C=O) groups is 1. The third-order valence-corrected chi connectivity index (χ3v) is 3.63. The largest absolute Gasteiger partial charge is 0.478 e. The van der Waals surface area contributed by atoms with Crippen LogP contribution in [-0.4, -0.2) is 17.1 Å². The third kappa shape index (κ3) is 2.75. The van der Waals surface area contributed by atoms with E-state index in [0.29, 0.717) is 17.1 Å². The van der Waals surface area contributed by atoms with E-state index in [2.05, 4.69) is 19.2 Å². The van der Waals surface area contributed by atoms with Crippen molar-refractivity contribution >= 4 is 17.3 Å². The summed E-state index contributed by atoms with van der Waals surface area (Å²) in [6.45, 7) is 4.54. The van der Waals surface area contributed by atoms with Crippen LogP contribution in [0.3, 0.4) is 0 Å². The van der Waals surface area contributed by atoms with Crippen molar-refractivity contribution in [2.75, 3.05) is 11.1 Å². The number of benzene rings is 1. The van der Waals surface area contributed by atoms with Crippen molar-refractivity contribution in [3.63, 3.8) is 0 Å². The molecule has 1 aromatic rings. The highest BCUT2D eigenvalue weighted by Gasteiger charge is 2.30. The van der Waals surface area contributed by atoms with Crippen molar-refractivity contribution in [1.82, 2.24) is 0 Å². The first-order chi connectivity index (χ1) is 8.37. The molecule has 0 radical (unpaired) electrons. The zero-order chi connectivity index (χ0) is 13.3. The molecule has 0 aromatic heterocycles. The number of nitrogen functional groups attached to an aromatic ring is 1. The molecule has 1 unspecified atom stereocenters. The Morgan fingerprint density at radius 3 is 2.72 bits per heavy atom. The number of nitrogens with one attached hydrogen (secondary N) is 1. The second kappa shape index (κ2) is 4.52. The average molecular weight is 248 g/mol. The molecule has 0 aliphatic heterocycles. The first-order valence-electron chi connectivity index (χ1n) is 6.27. The monoisotopic (exact) mass is 248 g/mol. The molecule has 0 heterocycles. The molecule has 98 valence electrons. The number of rotatable bonds is 3. The molecule has 1 aliphatic rings. The molecule has 18 heavy (non-hydrogen) atoms. The predicted molar refractivity (Wildman–Crippen MR) is 72.9 cm³/mol. The van der Waals surface area contributed by atoms with Crippen LogP contribution in [-0.2, 0) is 0 Å². The molecule has 1 fully saturated rings. The number of nitrogens with two attached hydrogens (primary N) is 1. The van der Waals surface area contributed by atoms with Gasteiger partial charge in [0.15, 0.2) is 0 Å². The molecule has 1 aromatic carbocycles. The summed E-state index contributed by atoms with van der Waals surface area (Å²) in [5.74, 6) is -0.949. The fourth-order valence-electron chi connectivity index (χ4n) is 2.61. The summed E-state index contributed by atoms with van der Waals surface area (Å²) in [6, 6.07) is 5.27. The Hall–Kier alpha value is -1.71. The van der Waals surface area contributed by atoms with Gasteiger partial charge in [-0.3, -0.25) is 0 Å². The van der Waals surface area contributed by atoms with Crippen molar-refractivity contribution in [3.05, 3.63) is 23.8 Å². The van der Waals surface area contributed by atoms with Gasteiger partial charge in [0.25, 0.3) is 0 Å². The number of carboxylic acids is 1.